The van der Waals surface area contributed by atoms with Crippen LogP contribution in [0.15, 0.2) is 48.0 Å². The fourth-order valence-corrected chi connectivity index (χ4v) is 4.39. The SMILES string of the molecule is Cc1ccc(-c2ccc(N3CCC[C@H](C(=O)NCCC4=CCCCC4)C3)nn2)cc1. The maximum absolute atomic E-state index is 12.7. The van der Waals surface area contributed by atoms with Gasteiger partial charge in [0.15, 0.2) is 5.82 Å². The number of benzene rings is 1. The molecule has 0 unspecified atom stereocenters. The molecule has 158 valence electrons. The lowest BCUT2D eigenvalue weighted by Gasteiger charge is -2.32. The lowest BCUT2D eigenvalue weighted by molar-refractivity contribution is -0.125. The van der Waals surface area contributed by atoms with Gasteiger partial charge in [-0.1, -0.05) is 41.5 Å². The van der Waals surface area contributed by atoms with Crippen LogP contribution in [0, 0.1) is 12.8 Å². The summed E-state index contributed by atoms with van der Waals surface area (Å²) in [6.07, 6.45) is 10.3. The van der Waals surface area contributed by atoms with E-state index < -0.39 is 0 Å². The van der Waals surface area contributed by atoms with Gasteiger partial charge in [0.2, 0.25) is 5.91 Å². The molecule has 0 bridgehead atoms. The maximum atomic E-state index is 12.7. The number of nitrogens with zero attached hydrogens (tertiary/aromatic N) is 3. The number of carbonyl (C=O) groups excluding carboxylic acids is 1. The van der Waals surface area contributed by atoms with Crippen molar-refractivity contribution in [3.63, 3.8) is 0 Å². The molecule has 1 amide bonds. The van der Waals surface area contributed by atoms with Crippen molar-refractivity contribution < 1.29 is 4.79 Å². The van der Waals surface area contributed by atoms with Crippen molar-refractivity contribution in [2.75, 3.05) is 24.5 Å². The quantitative estimate of drug-likeness (QED) is 0.711. The van der Waals surface area contributed by atoms with E-state index in [2.05, 4.69) is 57.7 Å². The minimum Gasteiger partial charge on any atom is -0.355 e. The topological polar surface area (TPSA) is 58.1 Å². The minimum absolute atomic E-state index is 0.0256. The summed E-state index contributed by atoms with van der Waals surface area (Å²) in [7, 11) is 0. The molecule has 0 spiro atoms. The third-order valence-electron chi connectivity index (χ3n) is 6.24. The number of allylic oxidation sites excluding steroid dienone is 1. The predicted octanol–water partition coefficient (Wildman–Crippen LogP) is 4.68. The number of anilines is 1. The summed E-state index contributed by atoms with van der Waals surface area (Å²) in [6, 6.07) is 12.4. The Morgan fingerprint density at radius 1 is 1.10 bits per heavy atom. The van der Waals surface area contributed by atoms with E-state index in [9.17, 15) is 4.79 Å². The monoisotopic (exact) mass is 404 g/mol. The highest BCUT2D eigenvalue weighted by Crippen LogP contribution is 2.24. The molecule has 1 aliphatic heterocycles. The lowest BCUT2D eigenvalue weighted by Crippen LogP contribution is -2.43. The van der Waals surface area contributed by atoms with Crippen molar-refractivity contribution in [2.24, 2.45) is 5.92 Å². The average Bonchev–Trinajstić information content (AvgIpc) is 2.80. The summed E-state index contributed by atoms with van der Waals surface area (Å²) in [5.41, 5.74) is 4.69. The number of rotatable bonds is 6. The van der Waals surface area contributed by atoms with E-state index in [-0.39, 0.29) is 11.8 Å². The smallest absolute Gasteiger partial charge is 0.224 e. The molecule has 2 heterocycles. The van der Waals surface area contributed by atoms with Gasteiger partial charge in [-0.25, -0.2) is 0 Å². The first-order chi connectivity index (χ1) is 14.7. The Labute approximate surface area is 179 Å². The normalized spacial score (nSPS) is 19.3. The molecule has 1 aromatic heterocycles. The van der Waals surface area contributed by atoms with Gasteiger partial charge in [-0.05, 0) is 64.0 Å². The van der Waals surface area contributed by atoms with Gasteiger partial charge in [-0.2, -0.15) is 0 Å². The number of hydrogen-bond acceptors (Lipinski definition) is 4. The van der Waals surface area contributed by atoms with Crippen molar-refractivity contribution in [2.45, 2.75) is 51.9 Å². The summed E-state index contributed by atoms with van der Waals surface area (Å²) < 4.78 is 0. The van der Waals surface area contributed by atoms with Gasteiger partial charge < -0.3 is 10.2 Å². The predicted molar refractivity (Wildman–Crippen MR) is 121 cm³/mol. The molecule has 5 nitrogen and oxygen atoms in total. The van der Waals surface area contributed by atoms with Crippen LogP contribution in [0.2, 0.25) is 0 Å². The third-order valence-corrected chi connectivity index (χ3v) is 6.24. The van der Waals surface area contributed by atoms with Crippen LogP contribution in [0.1, 0.15) is 50.5 Å². The Kier molecular flexibility index (Phi) is 6.77. The summed E-state index contributed by atoms with van der Waals surface area (Å²) in [5.74, 6) is 1.06. The van der Waals surface area contributed by atoms with Gasteiger partial charge in [0.1, 0.15) is 0 Å². The molecule has 5 heteroatoms. The van der Waals surface area contributed by atoms with Crippen LogP contribution in [-0.2, 0) is 4.79 Å². The largest absolute Gasteiger partial charge is 0.355 e. The summed E-state index contributed by atoms with van der Waals surface area (Å²) >= 11 is 0. The summed E-state index contributed by atoms with van der Waals surface area (Å²) in [5, 5.41) is 12.0. The number of aryl methyl sites for hydroxylation is 1. The molecule has 1 aliphatic carbocycles. The fourth-order valence-electron chi connectivity index (χ4n) is 4.39. The Hall–Kier alpha value is -2.69. The highest BCUT2D eigenvalue weighted by molar-refractivity contribution is 5.79. The number of hydrogen-bond donors (Lipinski definition) is 1. The zero-order valence-corrected chi connectivity index (χ0v) is 17.9. The van der Waals surface area contributed by atoms with Gasteiger partial charge in [0, 0.05) is 25.2 Å². The standard InChI is InChI=1S/C25H32N4O/c1-19-9-11-21(12-10-19)23-13-14-24(28-27-23)29-17-5-8-22(18-29)25(30)26-16-15-20-6-3-2-4-7-20/h6,9-14,22H,2-5,7-8,15-18H2,1H3,(H,26,30)/t22-/m0/s1. The van der Waals surface area contributed by atoms with E-state index in [1.54, 1.807) is 0 Å². The van der Waals surface area contributed by atoms with Crippen molar-refractivity contribution in [1.29, 1.82) is 0 Å². The van der Waals surface area contributed by atoms with E-state index in [1.165, 1.54) is 36.8 Å². The van der Waals surface area contributed by atoms with E-state index >= 15 is 0 Å². The van der Waals surface area contributed by atoms with E-state index in [4.69, 9.17) is 0 Å². The van der Waals surface area contributed by atoms with Gasteiger partial charge in [-0.3, -0.25) is 4.79 Å². The molecule has 0 radical (unpaired) electrons. The third kappa shape index (κ3) is 5.26. The Morgan fingerprint density at radius 2 is 1.97 bits per heavy atom. The molecular formula is C25H32N4O. The van der Waals surface area contributed by atoms with Crippen molar-refractivity contribution in [3.05, 3.63) is 53.6 Å². The van der Waals surface area contributed by atoms with Crippen LogP contribution in [0.25, 0.3) is 11.3 Å². The Morgan fingerprint density at radius 3 is 2.70 bits per heavy atom. The number of carbonyl (C=O) groups is 1. The number of piperidine rings is 1. The van der Waals surface area contributed by atoms with E-state index in [0.29, 0.717) is 6.54 Å². The molecule has 1 atom stereocenters. The van der Waals surface area contributed by atoms with Gasteiger partial charge >= 0.3 is 0 Å². The molecule has 1 aromatic carbocycles. The minimum atomic E-state index is 0.0256. The lowest BCUT2D eigenvalue weighted by atomic mass is 9.96. The van der Waals surface area contributed by atoms with E-state index in [0.717, 1.165) is 49.4 Å². The molecule has 2 aromatic rings. The molecule has 1 fully saturated rings. The molecule has 4 rings (SSSR count). The second-order valence-corrected chi connectivity index (χ2v) is 8.58. The second-order valence-electron chi connectivity index (χ2n) is 8.58. The van der Waals surface area contributed by atoms with Gasteiger partial charge in [0.05, 0.1) is 11.6 Å². The van der Waals surface area contributed by atoms with Crippen molar-refractivity contribution in [1.82, 2.24) is 15.5 Å². The van der Waals surface area contributed by atoms with Crippen molar-refractivity contribution in [3.8, 4) is 11.3 Å². The van der Waals surface area contributed by atoms with Crippen molar-refractivity contribution >= 4 is 11.7 Å². The van der Waals surface area contributed by atoms with Crippen LogP contribution in [0.3, 0.4) is 0 Å². The fraction of sp³-hybridized carbons (Fsp3) is 0.480. The molecule has 30 heavy (non-hydrogen) atoms. The van der Waals surface area contributed by atoms with Gasteiger partial charge in [-0.15, -0.1) is 10.2 Å². The second kappa shape index (κ2) is 9.88. The highest BCUT2D eigenvalue weighted by Gasteiger charge is 2.26. The molecular weight excluding hydrogens is 372 g/mol. The summed E-state index contributed by atoms with van der Waals surface area (Å²) in [4.78, 5) is 14.9. The Bertz CT molecular complexity index is 873. The first kappa shape index (κ1) is 20.6. The number of amides is 1. The zero-order valence-electron chi connectivity index (χ0n) is 17.9. The first-order valence-corrected chi connectivity index (χ1v) is 11.3. The highest BCUT2D eigenvalue weighted by atomic mass is 16.1. The van der Waals surface area contributed by atoms with E-state index in [1.807, 2.05) is 12.1 Å². The molecule has 2 aliphatic rings. The Balaban J connectivity index is 1.31. The number of nitrogens with one attached hydrogen (secondary N) is 1. The maximum Gasteiger partial charge on any atom is 0.224 e. The van der Waals surface area contributed by atoms with Crippen LogP contribution in [0.4, 0.5) is 5.82 Å². The van der Waals surface area contributed by atoms with Crippen LogP contribution in [-0.4, -0.2) is 35.7 Å². The summed E-state index contributed by atoms with van der Waals surface area (Å²) in [6.45, 7) is 4.48. The zero-order chi connectivity index (χ0) is 20.8. The molecule has 0 saturated carbocycles. The van der Waals surface area contributed by atoms with Crippen LogP contribution >= 0.6 is 0 Å². The van der Waals surface area contributed by atoms with Gasteiger partial charge in [0.25, 0.3) is 0 Å². The van der Waals surface area contributed by atoms with Crippen LogP contribution < -0.4 is 10.2 Å². The first-order valence-electron chi connectivity index (χ1n) is 11.3. The number of aromatic nitrogens is 2. The molecule has 1 N–H and O–H groups in total. The average molecular weight is 405 g/mol. The van der Waals surface area contributed by atoms with Crippen LogP contribution in [0.5, 0.6) is 0 Å². The molecule has 1 saturated heterocycles.